The summed E-state index contributed by atoms with van der Waals surface area (Å²) < 4.78 is 5.28. The Balaban J connectivity index is 1.58. The van der Waals surface area contributed by atoms with E-state index in [1.807, 2.05) is 48.5 Å². The predicted octanol–water partition coefficient (Wildman–Crippen LogP) is 3.96. The maximum absolute atomic E-state index is 12.2. The molecule has 0 aliphatic carbocycles. The number of nitrogens with zero attached hydrogens (tertiary/aromatic N) is 2. The monoisotopic (exact) mass is 366 g/mol. The fourth-order valence-electron chi connectivity index (χ4n) is 2.26. The van der Waals surface area contributed by atoms with Gasteiger partial charge in [0.1, 0.15) is 15.8 Å². The maximum Gasteiger partial charge on any atom is 0.319 e. The van der Waals surface area contributed by atoms with Crippen molar-refractivity contribution in [2.45, 2.75) is 16.6 Å². The topological polar surface area (TPSA) is 76.1 Å². The molecule has 0 unspecified atom stereocenters. The van der Waals surface area contributed by atoms with Gasteiger partial charge in [0.15, 0.2) is 0 Å². The molecule has 0 aliphatic heterocycles. The van der Waals surface area contributed by atoms with Crippen LogP contribution in [-0.2, 0) is 6.54 Å². The average Bonchev–Trinajstić information content (AvgIpc) is 2.67. The van der Waals surface area contributed by atoms with E-state index in [1.54, 1.807) is 25.6 Å². The molecule has 2 amide bonds. The van der Waals surface area contributed by atoms with Gasteiger partial charge < -0.3 is 15.4 Å². The van der Waals surface area contributed by atoms with Crippen LogP contribution in [0.3, 0.4) is 0 Å². The smallest absolute Gasteiger partial charge is 0.319 e. The minimum atomic E-state index is -0.295. The van der Waals surface area contributed by atoms with Gasteiger partial charge in [-0.25, -0.2) is 14.8 Å². The Morgan fingerprint density at radius 1 is 1.04 bits per heavy atom. The Kier molecular flexibility index (Phi) is 6.05. The molecule has 2 heterocycles. The van der Waals surface area contributed by atoms with Gasteiger partial charge in [-0.3, -0.25) is 0 Å². The number of carbonyl (C=O) groups is 1. The van der Waals surface area contributed by atoms with E-state index in [2.05, 4.69) is 20.6 Å². The summed E-state index contributed by atoms with van der Waals surface area (Å²) in [6.07, 6.45) is 3.39. The molecule has 0 bridgehead atoms. The molecule has 0 radical (unpaired) electrons. The Labute approximate surface area is 156 Å². The number of carbonyl (C=O) groups excluding carboxylic acids is 1. The number of anilines is 1. The van der Waals surface area contributed by atoms with Gasteiger partial charge in [0.05, 0.1) is 7.11 Å². The van der Waals surface area contributed by atoms with E-state index in [0.717, 1.165) is 21.4 Å². The van der Waals surface area contributed by atoms with Gasteiger partial charge in [0.25, 0.3) is 0 Å². The fourth-order valence-corrected chi connectivity index (χ4v) is 3.03. The van der Waals surface area contributed by atoms with Gasteiger partial charge in [0, 0.05) is 30.2 Å². The maximum atomic E-state index is 12.2. The van der Waals surface area contributed by atoms with Gasteiger partial charge >= 0.3 is 6.03 Å². The second kappa shape index (κ2) is 8.87. The largest absolute Gasteiger partial charge is 0.496 e. The quantitative estimate of drug-likeness (QED) is 0.691. The van der Waals surface area contributed by atoms with Crippen LogP contribution in [0.5, 0.6) is 5.75 Å². The predicted molar refractivity (Wildman–Crippen MR) is 101 cm³/mol. The molecule has 6 nitrogen and oxygen atoms in total. The Bertz CT molecular complexity index is 874. The number of hydrogen-bond donors (Lipinski definition) is 2. The minimum Gasteiger partial charge on any atom is -0.496 e. The van der Waals surface area contributed by atoms with Crippen molar-refractivity contribution in [1.29, 1.82) is 0 Å². The molecule has 2 aromatic heterocycles. The molecule has 0 atom stereocenters. The van der Waals surface area contributed by atoms with Crippen molar-refractivity contribution in [3.63, 3.8) is 0 Å². The van der Waals surface area contributed by atoms with Crippen molar-refractivity contribution in [3.8, 4) is 5.75 Å². The minimum absolute atomic E-state index is 0.295. The van der Waals surface area contributed by atoms with Crippen LogP contribution in [0.25, 0.3) is 0 Å². The summed E-state index contributed by atoms with van der Waals surface area (Å²) in [6.45, 7) is 0.372. The molecule has 1 aromatic carbocycles. The van der Waals surface area contributed by atoms with Crippen molar-refractivity contribution in [2.75, 3.05) is 12.4 Å². The number of rotatable bonds is 6. The number of benzene rings is 1. The Morgan fingerprint density at radius 3 is 2.65 bits per heavy atom. The first-order chi connectivity index (χ1) is 12.7. The van der Waals surface area contributed by atoms with Crippen molar-refractivity contribution in [1.82, 2.24) is 15.3 Å². The first-order valence-electron chi connectivity index (χ1n) is 7.96. The van der Waals surface area contributed by atoms with Crippen LogP contribution >= 0.6 is 11.8 Å². The number of amides is 2. The third kappa shape index (κ3) is 4.97. The summed E-state index contributed by atoms with van der Waals surface area (Å²) in [5, 5.41) is 7.23. The average molecular weight is 366 g/mol. The van der Waals surface area contributed by atoms with Crippen molar-refractivity contribution < 1.29 is 9.53 Å². The number of urea groups is 1. The van der Waals surface area contributed by atoms with E-state index in [9.17, 15) is 4.79 Å². The van der Waals surface area contributed by atoms with Gasteiger partial charge in [-0.05, 0) is 30.3 Å². The van der Waals surface area contributed by atoms with Crippen molar-refractivity contribution in [3.05, 3.63) is 72.6 Å². The summed E-state index contributed by atoms with van der Waals surface area (Å²) in [6, 6.07) is 16.5. The second-order valence-corrected chi connectivity index (χ2v) is 6.31. The zero-order chi connectivity index (χ0) is 18.2. The first kappa shape index (κ1) is 17.8. The molecule has 26 heavy (non-hydrogen) atoms. The summed E-state index contributed by atoms with van der Waals surface area (Å²) >= 11 is 1.43. The summed E-state index contributed by atoms with van der Waals surface area (Å²) in [4.78, 5) is 20.7. The molecule has 7 heteroatoms. The number of aromatic nitrogens is 2. The molecule has 3 aromatic rings. The summed E-state index contributed by atoms with van der Waals surface area (Å²) in [5.41, 5.74) is 1.57. The lowest BCUT2D eigenvalue weighted by molar-refractivity contribution is 0.251. The molecule has 0 fully saturated rings. The Hall–Kier alpha value is -3.06. The molecule has 0 saturated heterocycles. The zero-order valence-corrected chi connectivity index (χ0v) is 15.0. The van der Waals surface area contributed by atoms with Crippen LogP contribution in [0.15, 0.2) is 77.0 Å². The molecular formula is C19H18N4O2S. The number of methoxy groups -OCH3 is 1. The van der Waals surface area contributed by atoms with Crippen LogP contribution < -0.4 is 15.4 Å². The lowest BCUT2D eigenvalue weighted by Crippen LogP contribution is -2.28. The van der Waals surface area contributed by atoms with E-state index in [1.165, 1.54) is 11.8 Å². The highest BCUT2D eigenvalue weighted by Gasteiger charge is 2.07. The van der Waals surface area contributed by atoms with E-state index in [0.29, 0.717) is 12.2 Å². The van der Waals surface area contributed by atoms with Crippen LogP contribution in [0, 0.1) is 0 Å². The number of pyridine rings is 2. The lowest BCUT2D eigenvalue weighted by Gasteiger charge is -2.11. The molecule has 0 aliphatic rings. The molecule has 0 spiro atoms. The number of nitrogens with one attached hydrogen (secondary N) is 2. The number of para-hydroxylation sites is 1. The third-order valence-electron chi connectivity index (χ3n) is 3.47. The van der Waals surface area contributed by atoms with Crippen LogP contribution in [0.1, 0.15) is 5.56 Å². The van der Waals surface area contributed by atoms with E-state index >= 15 is 0 Å². The highest BCUT2D eigenvalue weighted by Crippen LogP contribution is 2.25. The van der Waals surface area contributed by atoms with Crippen molar-refractivity contribution in [2.24, 2.45) is 0 Å². The first-order valence-corrected chi connectivity index (χ1v) is 8.78. The van der Waals surface area contributed by atoms with E-state index < -0.39 is 0 Å². The SMILES string of the molecule is COc1ccccc1CNC(=O)Nc1ccnc(Sc2ccccn2)c1. The van der Waals surface area contributed by atoms with Crippen LogP contribution in [-0.4, -0.2) is 23.1 Å². The van der Waals surface area contributed by atoms with Crippen LogP contribution in [0.2, 0.25) is 0 Å². The van der Waals surface area contributed by atoms with Gasteiger partial charge in [0.2, 0.25) is 0 Å². The molecule has 3 rings (SSSR count). The highest BCUT2D eigenvalue weighted by molar-refractivity contribution is 7.99. The third-order valence-corrected chi connectivity index (χ3v) is 4.35. The lowest BCUT2D eigenvalue weighted by atomic mass is 10.2. The van der Waals surface area contributed by atoms with E-state index in [4.69, 9.17) is 4.74 Å². The number of ether oxygens (including phenoxy) is 1. The van der Waals surface area contributed by atoms with Gasteiger partial charge in [-0.15, -0.1) is 0 Å². The normalized spacial score (nSPS) is 10.2. The summed E-state index contributed by atoms with van der Waals surface area (Å²) in [7, 11) is 1.61. The van der Waals surface area contributed by atoms with E-state index in [-0.39, 0.29) is 6.03 Å². The standard InChI is InChI=1S/C19H18N4O2S/c1-25-16-7-3-2-6-14(16)13-22-19(24)23-15-9-11-21-18(12-15)26-17-8-4-5-10-20-17/h2-12H,13H2,1H3,(H2,21,22,23,24). The molecular weight excluding hydrogens is 348 g/mol. The fraction of sp³-hybridized carbons (Fsp3) is 0.105. The highest BCUT2D eigenvalue weighted by atomic mass is 32.2. The zero-order valence-electron chi connectivity index (χ0n) is 14.2. The second-order valence-electron chi connectivity index (χ2n) is 5.27. The summed E-state index contributed by atoms with van der Waals surface area (Å²) in [5.74, 6) is 0.741. The number of hydrogen-bond acceptors (Lipinski definition) is 5. The molecule has 2 N–H and O–H groups in total. The Morgan fingerprint density at radius 2 is 1.85 bits per heavy atom. The molecule has 132 valence electrons. The van der Waals surface area contributed by atoms with Crippen molar-refractivity contribution >= 4 is 23.5 Å². The van der Waals surface area contributed by atoms with Gasteiger partial charge in [-0.1, -0.05) is 36.0 Å². The van der Waals surface area contributed by atoms with Gasteiger partial charge in [-0.2, -0.15) is 0 Å². The van der Waals surface area contributed by atoms with Crippen LogP contribution in [0.4, 0.5) is 10.5 Å². The molecule has 0 saturated carbocycles.